The third-order valence-corrected chi connectivity index (χ3v) is 3.02. The van der Waals surface area contributed by atoms with Crippen LogP contribution in [0.5, 0.6) is 0 Å². The van der Waals surface area contributed by atoms with E-state index in [2.05, 4.69) is 5.32 Å². The number of hydrogen-bond acceptors (Lipinski definition) is 2. The van der Waals surface area contributed by atoms with E-state index in [1.807, 2.05) is 0 Å². The summed E-state index contributed by atoms with van der Waals surface area (Å²) in [6.45, 7) is 1.54. The van der Waals surface area contributed by atoms with Gasteiger partial charge in [-0.3, -0.25) is 0 Å². The summed E-state index contributed by atoms with van der Waals surface area (Å²) in [5.41, 5.74) is -0.733. The minimum atomic E-state index is -1.43. The fourth-order valence-corrected chi connectivity index (χ4v) is 1.96. The predicted molar refractivity (Wildman–Crippen MR) is 71.8 cm³/mol. The van der Waals surface area contributed by atoms with Crippen molar-refractivity contribution in [3.8, 4) is 0 Å². The van der Waals surface area contributed by atoms with Crippen LogP contribution in [0.3, 0.4) is 0 Å². The molecule has 0 spiro atoms. The lowest BCUT2D eigenvalue weighted by Gasteiger charge is -2.17. The van der Waals surface area contributed by atoms with Crippen LogP contribution in [0.4, 0.5) is 18.9 Å². The number of halogens is 3. The summed E-state index contributed by atoms with van der Waals surface area (Å²) in [5, 5.41) is 11.2. The third kappa shape index (κ3) is 3.16. The SMILES string of the molecule is CC(Nc1c(F)cc(C(=O)O)cc1F)c1ccccc1F. The maximum Gasteiger partial charge on any atom is 0.335 e. The molecule has 0 radical (unpaired) electrons. The Morgan fingerprint density at radius 2 is 1.67 bits per heavy atom. The second-order valence-electron chi connectivity index (χ2n) is 4.51. The van der Waals surface area contributed by atoms with Crippen molar-refractivity contribution in [2.75, 3.05) is 5.32 Å². The van der Waals surface area contributed by atoms with Crippen molar-refractivity contribution in [2.24, 2.45) is 0 Å². The van der Waals surface area contributed by atoms with Crippen LogP contribution < -0.4 is 5.32 Å². The number of aromatic carboxylic acids is 1. The van der Waals surface area contributed by atoms with E-state index in [0.29, 0.717) is 12.1 Å². The van der Waals surface area contributed by atoms with Gasteiger partial charge in [0.25, 0.3) is 0 Å². The van der Waals surface area contributed by atoms with Crippen molar-refractivity contribution in [1.29, 1.82) is 0 Å². The monoisotopic (exact) mass is 295 g/mol. The van der Waals surface area contributed by atoms with Crippen molar-refractivity contribution in [3.63, 3.8) is 0 Å². The van der Waals surface area contributed by atoms with Crippen LogP contribution in [0.25, 0.3) is 0 Å². The van der Waals surface area contributed by atoms with Crippen molar-refractivity contribution in [2.45, 2.75) is 13.0 Å². The molecule has 2 aromatic carbocycles. The molecule has 0 fully saturated rings. The molecule has 3 nitrogen and oxygen atoms in total. The van der Waals surface area contributed by atoms with Gasteiger partial charge in [0.1, 0.15) is 23.1 Å². The standard InChI is InChI=1S/C15H12F3NO2/c1-8(10-4-2-3-5-11(10)16)19-14-12(17)6-9(15(20)21)7-13(14)18/h2-8,19H,1H3,(H,20,21). The number of nitrogens with one attached hydrogen (secondary N) is 1. The first kappa shape index (κ1) is 14.9. The van der Waals surface area contributed by atoms with Crippen LogP contribution >= 0.6 is 0 Å². The topological polar surface area (TPSA) is 49.3 Å². The van der Waals surface area contributed by atoms with Crippen molar-refractivity contribution >= 4 is 11.7 Å². The summed E-state index contributed by atoms with van der Waals surface area (Å²) in [6, 6.07) is 6.59. The molecule has 1 atom stereocenters. The van der Waals surface area contributed by atoms with Gasteiger partial charge in [-0.25, -0.2) is 18.0 Å². The number of hydrogen-bond donors (Lipinski definition) is 2. The van der Waals surface area contributed by atoms with Crippen molar-refractivity contribution in [3.05, 3.63) is 65.0 Å². The van der Waals surface area contributed by atoms with E-state index < -0.39 is 40.7 Å². The van der Waals surface area contributed by atoms with Gasteiger partial charge in [-0.05, 0) is 25.1 Å². The molecule has 0 saturated heterocycles. The molecule has 2 N–H and O–H groups in total. The zero-order valence-corrected chi connectivity index (χ0v) is 11.0. The maximum atomic E-state index is 13.8. The highest BCUT2D eigenvalue weighted by Crippen LogP contribution is 2.26. The first-order valence-corrected chi connectivity index (χ1v) is 6.13. The molecule has 0 aromatic heterocycles. The minimum absolute atomic E-state index is 0.249. The molecule has 6 heteroatoms. The normalized spacial score (nSPS) is 12.0. The average Bonchev–Trinajstić information content (AvgIpc) is 2.42. The highest BCUT2D eigenvalue weighted by atomic mass is 19.1. The van der Waals surface area contributed by atoms with Gasteiger partial charge in [-0.2, -0.15) is 0 Å². The number of carboxylic acids is 1. The van der Waals surface area contributed by atoms with E-state index in [4.69, 9.17) is 5.11 Å². The molecule has 0 saturated carbocycles. The smallest absolute Gasteiger partial charge is 0.335 e. The summed E-state index contributed by atoms with van der Waals surface area (Å²) in [5.74, 6) is -4.02. The quantitative estimate of drug-likeness (QED) is 0.897. The van der Waals surface area contributed by atoms with E-state index in [1.54, 1.807) is 13.0 Å². The van der Waals surface area contributed by atoms with E-state index in [1.165, 1.54) is 18.2 Å². The van der Waals surface area contributed by atoms with E-state index in [9.17, 15) is 18.0 Å². The van der Waals surface area contributed by atoms with Gasteiger partial charge in [-0.1, -0.05) is 18.2 Å². The van der Waals surface area contributed by atoms with Crippen LogP contribution in [0.15, 0.2) is 36.4 Å². The second kappa shape index (κ2) is 5.87. The molecule has 2 aromatic rings. The summed E-state index contributed by atoms with van der Waals surface area (Å²) in [7, 11) is 0. The predicted octanol–water partition coefficient (Wildman–Crippen LogP) is 3.98. The minimum Gasteiger partial charge on any atom is -0.478 e. The van der Waals surface area contributed by atoms with Crippen molar-refractivity contribution < 1.29 is 23.1 Å². The van der Waals surface area contributed by atoms with E-state index in [-0.39, 0.29) is 5.56 Å². The highest BCUT2D eigenvalue weighted by molar-refractivity contribution is 5.88. The molecular weight excluding hydrogens is 283 g/mol. The molecule has 0 aliphatic heterocycles. The van der Waals surface area contributed by atoms with Gasteiger partial charge in [0.05, 0.1) is 11.6 Å². The second-order valence-corrected chi connectivity index (χ2v) is 4.51. The zero-order valence-electron chi connectivity index (χ0n) is 11.0. The number of carboxylic acid groups (broad SMARTS) is 1. The Morgan fingerprint density at radius 1 is 1.10 bits per heavy atom. The average molecular weight is 295 g/mol. The number of carbonyl (C=O) groups is 1. The Hall–Kier alpha value is -2.50. The van der Waals surface area contributed by atoms with Crippen LogP contribution in [0.1, 0.15) is 28.9 Å². The number of benzene rings is 2. The van der Waals surface area contributed by atoms with Crippen LogP contribution in [0, 0.1) is 17.5 Å². The lowest BCUT2D eigenvalue weighted by atomic mass is 10.1. The van der Waals surface area contributed by atoms with Crippen LogP contribution in [0.2, 0.25) is 0 Å². The summed E-state index contributed by atoms with van der Waals surface area (Å²) in [4.78, 5) is 10.7. The van der Waals surface area contributed by atoms with Gasteiger partial charge in [0.15, 0.2) is 0 Å². The third-order valence-electron chi connectivity index (χ3n) is 3.02. The first-order valence-electron chi connectivity index (χ1n) is 6.13. The van der Waals surface area contributed by atoms with Gasteiger partial charge in [0.2, 0.25) is 0 Å². The Morgan fingerprint density at radius 3 is 2.19 bits per heavy atom. The summed E-state index contributed by atoms with van der Waals surface area (Å²) < 4.78 is 41.2. The summed E-state index contributed by atoms with van der Waals surface area (Å²) in [6.07, 6.45) is 0. The molecular formula is C15H12F3NO2. The number of rotatable bonds is 4. The molecule has 0 amide bonds. The van der Waals surface area contributed by atoms with Crippen molar-refractivity contribution in [1.82, 2.24) is 0 Å². The largest absolute Gasteiger partial charge is 0.478 e. The Balaban J connectivity index is 2.32. The highest BCUT2D eigenvalue weighted by Gasteiger charge is 2.18. The molecule has 0 bridgehead atoms. The molecule has 0 aliphatic carbocycles. The lowest BCUT2D eigenvalue weighted by molar-refractivity contribution is 0.0696. The Labute approximate surface area is 119 Å². The summed E-state index contributed by atoms with van der Waals surface area (Å²) >= 11 is 0. The molecule has 1 unspecified atom stereocenters. The first-order chi connectivity index (χ1) is 9.90. The molecule has 0 heterocycles. The van der Waals surface area contributed by atoms with Crippen LogP contribution in [-0.4, -0.2) is 11.1 Å². The number of anilines is 1. The van der Waals surface area contributed by atoms with Gasteiger partial charge in [0, 0.05) is 5.56 Å². The van der Waals surface area contributed by atoms with Gasteiger partial charge >= 0.3 is 5.97 Å². The molecule has 110 valence electrons. The van der Waals surface area contributed by atoms with E-state index >= 15 is 0 Å². The fourth-order valence-electron chi connectivity index (χ4n) is 1.96. The molecule has 21 heavy (non-hydrogen) atoms. The fraction of sp³-hybridized carbons (Fsp3) is 0.133. The Kier molecular flexibility index (Phi) is 4.16. The maximum absolute atomic E-state index is 13.8. The molecule has 0 aliphatic rings. The van der Waals surface area contributed by atoms with Gasteiger partial charge < -0.3 is 10.4 Å². The zero-order chi connectivity index (χ0) is 15.6. The molecule has 2 rings (SSSR count). The van der Waals surface area contributed by atoms with Gasteiger partial charge in [-0.15, -0.1) is 0 Å². The Bertz CT molecular complexity index is 665. The lowest BCUT2D eigenvalue weighted by Crippen LogP contribution is -2.12. The van der Waals surface area contributed by atoms with E-state index in [0.717, 1.165) is 0 Å². The van der Waals surface area contributed by atoms with Crippen LogP contribution in [-0.2, 0) is 0 Å².